The molecule has 0 unspecified atom stereocenters. The van der Waals surface area contributed by atoms with E-state index in [1.54, 1.807) is 0 Å². The van der Waals surface area contributed by atoms with Crippen LogP contribution < -0.4 is 5.32 Å². The molecule has 2 amide bonds. The summed E-state index contributed by atoms with van der Waals surface area (Å²) in [6, 6.07) is 9.59. The van der Waals surface area contributed by atoms with Crippen molar-refractivity contribution < 1.29 is 9.59 Å². The van der Waals surface area contributed by atoms with Gasteiger partial charge in [-0.1, -0.05) is 32.0 Å². The van der Waals surface area contributed by atoms with Crippen LogP contribution in [-0.2, 0) is 4.79 Å². The molecule has 0 saturated carbocycles. The fraction of sp³-hybridized carbons (Fsp3) is 0.556. The molecule has 1 saturated heterocycles. The van der Waals surface area contributed by atoms with Crippen molar-refractivity contribution >= 4 is 11.8 Å². The molecule has 0 bridgehead atoms. The van der Waals surface area contributed by atoms with Crippen molar-refractivity contribution in [2.45, 2.75) is 45.6 Å². The van der Waals surface area contributed by atoms with Crippen molar-refractivity contribution in [3.63, 3.8) is 0 Å². The van der Waals surface area contributed by atoms with Gasteiger partial charge in [-0.15, -0.1) is 0 Å². The predicted octanol–water partition coefficient (Wildman–Crippen LogP) is 2.84. The Morgan fingerprint density at radius 3 is 2.27 bits per heavy atom. The van der Waals surface area contributed by atoms with E-state index in [2.05, 4.69) is 19.2 Å². The maximum Gasteiger partial charge on any atom is 0.253 e. The van der Waals surface area contributed by atoms with Crippen LogP contribution >= 0.6 is 0 Å². The first-order valence-corrected chi connectivity index (χ1v) is 8.30. The smallest absolute Gasteiger partial charge is 0.253 e. The summed E-state index contributed by atoms with van der Waals surface area (Å²) in [4.78, 5) is 26.4. The van der Waals surface area contributed by atoms with Crippen LogP contribution in [0.4, 0.5) is 0 Å². The van der Waals surface area contributed by atoms with Gasteiger partial charge < -0.3 is 10.2 Å². The normalized spacial score (nSPS) is 15.9. The van der Waals surface area contributed by atoms with E-state index >= 15 is 0 Å². The first-order valence-electron chi connectivity index (χ1n) is 8.30. The summed E-state index contributed by atoms with van der Waals surface area (Å²) in [5.74, 6) is 0.368. The number of carbonyl (C=O) groups excluding carboxylic acids is 2. The number of carbonyl (C=O) groups is 2. The molecule has 1 aliphatic rings. The maximum atomic E-state index is 12.4. The Morgan fingerprint density at radius 1 is 1.14 bits per heavy atom. The van der Waals surface area contributed by atoms with E-state index in [-0.39, 0.29) is 23.8 Å². The lowest BCUT2D eigenvalue weighted by Crippen LogP contribution is -2.47. The van der Waals surface area contributed by atoms with Crippen molar-refractivity contribution in [2.75, 3.05) is 13.1 Å². The molecule has 1 aliphatic heterocycles. The first-order chi connectivity index (χ1) is 10.7. The number of nitrogens with zero attached hydrogens (tertiary/aromatic N) is 1. The minimum absolute atomic E-state index is 0.0883. The minimum atomic E-state index is 0.0883. The van der Waals surface area contributed by atoms with Crippen LogP contribution in [0.25, 0.3) is 0 Å². The summed E-state index contributed by atoms with van der Waals surface area (Å²) in [7, 11) is 0. The Hall–Kier alpha value is -1.84. The van der Waals surface area contributed by atoms with Crippen LogP contribution in [0.15, 0.2) is 30.3 Å². The van der Waals surface area contributed by atoms with E-state index < -0.39 is 0 Å². The highest BCUT2D eigenvalue weighted by Crippen LogP contribution is 2.15. The molecule has 1 N–H and O–H groups in total. The highest BCUT2D eigenvalue weighted by molar-refractivity contribution is 5.94. The monoisotopic (exact) mass is 302 g/mol. The van der Waals surface area contributed by atoms with Crippen LogP contribution in [-0.4, -0.2) is 35.8 Å². The van der Waals surface area contributed by atoms with Crippen molar-refractivity contribution in [1.29, 1.82) is 0 Å². The van der Waals surface area contributed by atoms with Gasteiger partial charge in [0, 0.05) is 30.6 Å². The van der Waals surface area contributed by atoms with Crippen LogP contribution in [0.5, 0.6) is 0 Å². The third-order valence-corrected chi connectivity index (χ3v) is 4.51. The molecule has 0 radical (unpaired) electrons. The van der Waals surface area contributed by atoms with Gasteiger partial charge in [0.2, 0.25) is 5.91 Å². The number of benzene rings is 1. The van der Waals surface area contributed by atoms with Gasteiger partial charge in [0.15, 0.2) is 0 Å². The van der Waals surface area contributed by atoms with Crippen LogP contribution in [0.3, 0.4) is 0 Å². The van der Waals surface area contributed by atoms with Gasteiger partial charge in [0.1, 0.15) is 0 Å². The Morgan fingerprint density at radius 2 is 1.73 bits per heavy atom. The molecule has 4 nitrogen and oxygen atoms in total. The molecular formula is C18H26N2O2. The molecule has 1 fully saturated rings. The van der Waals surface area contributed by atoms with Crippen molar-refractivity contribution in [3.05, 3.63) is 35.9 Å². The number of nitrogens with one attached hydrogen (secondary N) is 1. The summed E-state index contributed by atoms with van der Waals surface area (Å²) in [5.41, 5.74) is 0.738. The lowest BCUT2D eigenvalue weighted by Gasteiger charge is -2.33. The standard InChI is InChI=1S/C18H26N2O2/c1-3-14(4-2)17(21)19-16-10-12-20(13-11-16)18(22)15-8-6-5-7-9-15/h5-9,14,16H,3-4,10-13H2,1-2H3,(H,19,21). The van der Waals surface area contributed by atoms with Gasteiger partial charge >= 0.3 is 0 Å². The van der Waals surface area contributed by atoms with Crippen LogP contribution in [0.2, 0.25) is 0 Å². The lowest BCUT2D eigenvalue weighted by atomic mass is 9.99. The van der Waals surface area contributed by atoms with Crippen molar-refractivity contribution in [3.8, 4) is 0 Å². The van der Waals surface area contributed by atoms with Crippen LogP contribution in [0, 0.1) is 5.92 Å². The quantitative estimate of drug-likeness (QED) is 0.909. The van der Waals surface area contributed by atoms with Gasteiger partial charge in [-0.05, 0) is 37.8 Å². The Balaban J connectivity index is 1.83. The Labute approximate surface area is 132 Å². The molecule has 0 atom stereocenters. The molecule has 1 aromatic carbocycles. The molecule has 4 heteroatoms. The number of rotatable bonds is 5. The van der Waals surface area contributed by atoms with Gasteiger partial charge in [-0.2, -0.15) is 0 Å². The largest absolute Gasteiger partial charge is 0.353 e. The van der Waals surface area contributed by atoms with Gasteiger partial charge in [-0.3, -0.25) is 9.59 Å². The van der Waals surface area contributed by atoms with Crippen molar-refractivity contribution in [2.24, 2.45) is 5.92 Å². The summed E-state index contributed by atoms with van der Waals surface area (Å²) in [6.45, 7) is 5.52. The van der Waals surface area contributed by atoms with Gasteiger partial charge in [0.05, 0.1) is 0 Å². The number of likely N-dealkylation sites (tertiary alicyclic amines) is 1. The maximum absolute atomic E-state index is 12.4. The lowest BCUT2D eigenvalue weighted by molar-refractivity contribution is -0.126. The van der Waals surface area contributed by atoms with E-state index in [0.29, 0.717) is 13.1 Å². The molecule has 22 heavy (non-hydrogen) atoms. The van der Waals surface area contributed by atoms with Crippen LogP contribution in [0.1, 0.15) is 49.9 Å². The molecule has 0 spiro atoms. The van der Waals surface area contributed by atoms with E-state index in [9.17, 15) is 9.59 Å². The topological polar surface area (TPSA) is 49.4 Å². The van der Waals surface area contributed by atoms with Gasteiger partial charge in [-0.25, -0.2) is 0 Å². The number of piperidine rings is 1. The zero-order valence-corrected chi connectivity index (χ0v) is 13.5. The average Bonchev–Trinajstić information content (AvgIpc) is 2.57. The molecule has 1 aromatic rings. The second-order valence-corrected chi connectivity index (χ2v) is 5.95. The Bertz CT molecular complexity index is 489. The SMILES string of the molecule is CCC(CC)C(=O)NC1CCN(C(=O)c2ccccc2)CC1. The van der Waals surface area contributed by atoms with Crippen molar-refractivity contribution in [1.82, 2.24) is 10.2 Å². The van der Waals surface area contributed by atoms with E-state index in [0.717, 1.165) is 31.2 Å². The molecule has 0 aromatic heterocycles. The highest BCUT2D eigenvalue weighted by atomic mass is 16.2. The average molecular weight is 302 g/mol. The second kappa shape index (κ2) is 7.97. The van der Waals surface area contributed by atoms with E-state index in [1.807, 2.05) is 35.2 Å². The summed E-state index contributed by atoms with van der Waals surface area (Å²) in [6.07, 6.45) is 3.44. The summed E-state index contributed by atoms with van der Waals surface area (Å²) in [5, 5.41) is 3.14. The summed E-state index contributed by atoms with van der Waals surface area (Å²) < 4.78 is 0. The second-order valence-electron chi connectivity index (χ2n) is 5.95. The highest BCUT2D eigenvalue weighted by Gasteiger charge is 2.25. The fourth-order valence-electron chi connectivity index (χ4n) is 2.97. The number of amides is 2. The third-order valence-electron chi connectivity index (χ3n) is 4.51. The Kier molecular flexibility index (Phi) is 5.99. The number of hydrogen-bond donors (Lipinski definition) is 1. The fourth-order valence-corrected chi connectivity index (χ4v) is 2.97. The van der Waals surface area contributed by atoms with E-state index in [1.165, 1.54) is 0 Å². The van der Waals surface area contributed by atoms with E-state index in [4.69, 9.17) is 0 Å². The number of hydrogen-bond acceptors (Lipinski definition) is 2. The molecule has 0 aliphatic carbocycles. The molecular weight excluding hydrogens is 276 g/mol. The molecule has 120 valence electrons. The third kappa shape index (κ3) is 4.09. The first kappa shape index (κ1) is 16.5. The molecule has 1 heterocycles. The zero-order chi connectivity index (χ0) is 15.9. The molecule has 2 rings (SSSR count). The zero-order valence-electron chi connectivity index (χ0n) is 13.5. The minimum Gasteiger partial charge on any atom is -0.353 e. The van der Waals surface area contributed by atoms with Gasteiger partial charge in [0.25, 0.3) is 5.91 Å². The summed E-state index contributed by atoms with van der Waals surface area (Å²) >= 11 is 0. The predicted molar refractivity (Wildman–Crippen MR) is 87.6 cm³/mol.